The number of anilines is 2. The minimum absolute atomic E-state index is 0. The lowest BCUT2D eigenvalue weighted by Crippen LogP contribution is -2.06. The maximum absolute atomic E-state index is 6.23. The van der Waals surface area contributed by atoms with Crippen LogP contribution in [0, 0.1) is 13.8 Å². The van der Waals surface area contributed by atoms with Gasteiger partial charge in [0.25, 0.3) is 0 Å². The summed E-state index contributed by atoms with van der Waals surface area (Å²) in [5.41, 5.74) is 11.7. The lowest BCUT2D eigenvalue weighted by molar-refractivity contribution is 1.11. The number of pyridine rings is 1. The van der Waals surface area contributed by atoms with Gasteiger partial charge in [-0.3, -0.25) is 4.40 Å². The number of hydrogen-bond acceptors (Lipinski definition) is 3. The van der Waals surface area contributed by atoms with Gasteiger partial charge < -0.3 is 11.1 Å². The van der Waals surface area contributed by atoms with E-state index in [2.05, 4.69) is 23.3 Å². The molecule has 0 unspecified atom stereocenters. The molecule has 116 valence electrons. The quantitative estimate of drug-likeness (QED) is 0.704. The fourth-order valence-electron chi connectivity index (χ4n) is 2.44. The highest BCUT2D eigenvalue weighted by Crippen LogP contribution is 2.24. The Hall–Kier alpha value is -1.91. The van der Waals surface area contributed by atoms with Crippen molar-refractivity contribution in [2.24, 2.45) is 0 Å². The Morgan fingerprint density at radius 1 is 1.23 bits per heavy atom. The van der Waals surface area contributed by atoms with Crippen molar-refractivity contribution < 1.29 is 0 Å². The number of nitrogen functional groups attached to an aromatic ring is 1. The summed E-state index contributed by atoms with van der Waals surface area (Å²) in [5.74, 6) is 0. The number of hydrogen-bond donors (Lipinski definition) is 2. The molecule has 0 saturated heterocycles. The molecule has 0 radical (unpaired) electrons. The van der Waals surface area contributed by atoms with Crippen LogP contribution >= 0.6 is 24.0 Å². The lowest BCUT2D eigenvalue weighted by Gasteiger charge is -2.12. The van der Waals surface area contributed by atoms with Crippen LogP contribution in [0.2, 0.25) is 5.15 Å². The topological polar surface area (TPSA) is 55.3 Å². The average molecular weight is 337 g/mol. The number of imidazole rings is 1. The van der Waals surface area contributed by atoms with E-state index in [1.165, 1.54) is 5.56 Å². The number of rotatable bonds is 3. The Bertz CT molecular complexity index is 791. The number of aryl methyl sites for hydroxylation is 2. The van der Waals surface area contributed by atoms with Crippen molar-refractivity contribution in [2.75, 3.05) is 11.1 Å². The minimum atomic E-state index is 0. The molecule has 3 aromatic rings. The molecule has 0 atom stereocenters. The Morgan fingerprint density at radius 2 is 2.00 bits per heavy atom. The first-order valence-electron chi connectivity index (χ1n) is 6.79. The molecule has 0 saturated carbocycles. The Labute approximate surface area is 140 Å². The summed E-state index contributed by atoms with van der Waals surface area (Å²) in [4.78, 5) is 4.51. The number of benzene rings is 1. The summed E-state index contributed by atoms with van der Waals surface area (Å²) in [6.45, 7) is 4.62. The summed E-state index contributed by atoms with van der Waals surface area (Å²) in [7, 11) is 0. The molecule has 2 heterocycles. The largest absolute Gasteiger partial charge is 0.398 e. The normalized spacial score (nSPS) is 10.5. The van der Waals surface area contributed by atoms with E-state index in [1.54, 1.807) is 0 Å². The van der Waals surface area contributed by atoms with Gasteiger partial charge in [0.1, 0.15) is 5.15 Å². The Kier molecular flexibility index (Phi) is 4.84. The van der Waals surface area contributed by atoms with Crippen molar-refractivity contribution in [1.82, 2.24) is 9.38 Å². The summed E-state index contributed by atoms with van der Waals surface area (Å²) in [6, 6.07) is 9.88. The highest BCUT2D eigenvalue weighted by molar-refractivity contribution is 6.30. The van der Waals surface area contributed by atoms with Crippen LogP contribution in [-0.4, -0.2) is 9.38 Å². The monoisotopic (exact) mass is 336 g/mol. The SMILES string of the molecule is Cc1cccc(N)c1CNc1cccn2c(Cl)c(C)nc12.Cl. The maximum atomic E-state index is 6.23. The maximum Gasteiger partial charge on any atom is 0.161 e. The van der Waals surface area contributed by atoms with Crippen molar-refractivity contribution in [3.05, 3.63) is 58.5 Å². The van der Waals surface area contributed by atoms with Gasteiger partial charge in [0.2, 0.25) is 0 Å². The summed E-state index contributed by atoms with van der Waals surface area (Å²) >= 11 is 6.23. The first kappa shape index (κ1) is 16.5. The van der Waals surface area contributed by atoms with Gasteiger partial charge >= 0.3 is 0 Å². The van der Waals surface area contributed by atoms with Crippen LogP contribution in [0.5, 0.6) is 0 Å². The molecule has 0 bridgehead atoms. The molecule has 2 aromatic heterocycles. The molecule has 3 rings (SSSR count). The van der Waals surface area contributed by atoms with Crippen LogP contribution in [0.3, 0.4) is 0 Å². The van der Waals surface area contributed by atoms with Gasteiger partial charge in [-0.15, -0.1) is 12.4 Å². The van der Waals surface area contributed by atoms with Crippen LogP contribution < -0.4 is 11.1 Å². The second-order valence-corrected chi connectivity index (χ2v) is 5.46. The zero-order valence-corrected chi connectivity index (χ0v) is 14.0. The van der Waals surface area contributed by atoms with E-state index in [9.17, 15) is 0 Å². The summed E-state index contributed by atoms with van der Waals surface area (Å²) < 4.78 is 1.88. The zero-order chi connectivity index (χ0) is 15.0. The van der Waals surface area contributed by atoms with Crippen LogP contribution in [0.25, 0.3) is 5.65 Å². The molecule has 6 heteroatoms. The van der Waals surface area contributed by atoms with Gasteiger partial charge in [0, 0.05) is 18.4 Å². The fraction of sp³-hybridized carbons (Fsp3) is 0.188. The van der Waals surface area contributed by atoms with Crippen molar-refractivity contribution >= 4 is 41.0 Å². The lowest BCUT2D eigenvalue weighted by atomic mass is 10.1. The van der Waals surface area contributed by atoms with E-state index in [0.29, 0.717) is 11.7 Å². The van der Waals surface area contributed by atoms with Gasteiger partial charge in [-0.2, -0.15) is 0 Å². The van der Waals surface area contributed by atoms with E-state index in [4.69, 9.17) is 17.3 Å². The molecule has 22 heavy (non-hydrogen) atoms. The van der Waals surface area contributed by atoms with E-state index in [1.807, 2.05) is 41.8 Å². The first-order valence-corrected chi connectivity index (χ1v) is 7.16. The molecule has 0 spiro atoms. The van der Waals surface area contributed by atoms with E-state index >= 15 is 0 Å². The van der Waals surface area contributed by atoms with Crippen LogP contribution in [0.15, 0.2) is 36.5 Å². The fourth-order valence-corrected chi connectivity index (χ4v) is 2.62. The van der Waals surface area contributed by atoms with E-state index in [0.717, 1.165) is 28.3 Å². The van der Waals surface area contributed by atoms with Crippen molar-refractivity contribution in [1.29, 1.82) is 0 Å². The second-order valence-electron chi connectivity index (χ2n) is 5.10. The number of halogens is 2. The zero-order valence-electron chi connectivity index (χ0n) is 12.4. The van der Waals surface area contributed by atoms with Gasteiger partial charge in [-0.25, -0.2) is 4.98 Å². The summed E-state index contributed by atoms with van der Waals surface area (Å²) in [6.07, 6.45) is 1.91. The highest BCUT2D eigenvalue weighted by atomic mass is 35.5. The molecule has 1 aromatic carbocycles. The molecule has 0 aliphatic carbocycles. The van der Waals surface area contributed by atoms with Gasteiger partial charge in [0.15, 0.2) is 5.65 Å². The predicted octanol–water partition coefficient (Wildman–Crippen LogP) is 4.22. The molecular formula is C16H18Cl2N4. The number of nitrogens with two attached hydrogens (primary N) is 1. The van der Waals surface area contributed by atoms with Crippen molar-refractivity contribution in [3.63, 3.8) is 0 Å². The van der Waals surface area contributed by atoms with Gasteiger partial charge in [-0.05, 0) is 43.2 Å². The first-order chi connectivity index (χ1) is 10.1. The third-order valence-electron chi connectivity index (χ3n) is 3.65. The number of aromatic nitrogens is 2. The molecule has 0 fully saturated rings. The van der Waals surface area contributed by atoms with E-state index in [-0.39, 0.29) is 12.4 Å². The van der Waals surface area contributed by atoms with Gasteiger partial charge in [-0.1, -0.05) is 23.7 Å². The molecule has 0 aliphatic heterocycles. The smallest absolute Gasteiger partial charge is 0.161 e. The third-order valence-corrected chi connectivity index (χ3v) is 4.11. The van der Waals surface area contributed by atoms with Gasteiger partial charge in [0.05, 0.1) is 11.4 Å². The molecule has 0 amide bonds. The summed E-state index contributed by atoms with van der Waals surface area (Å²) in [5, 5.41) is 4.05. The van der Waals surface area contributed by atoms with Crippen LogP contribution in [0.1, 0.15) is 16.8 Å². The molecular weight excluding hydrogens is 319 g/mol. The Morgan fingerprint density at radius 3 is 2.73 bits per heavy atom. The number of nitrogens with one attached hydrogen (secondary N) is 1. The predicted molar refractivity (Wildman–Crippen MR) is 95.1 cm³/mol. The van der Waals surface area contributed by atoms with Crippen molar-refractivity contribution in [3.8, 4) is 0 Å². The number of nitrogens with zero attached hydrogens (tertiary/aromatic N) is 2. The minimum Gasteiger partial charge on any atom is -0.398 e. The number of fused-ring (bicyclic) bond motifs is 1. The molecule has 3 N–H and O–H groups in total. The molecule has 4 nitrogen and oxygen atoms in total. The second kappa shape index (κ2) is 6.46. The Balaban J connectivity index is 0.00000176. The standard InChI is InChI=1S/C16H17ClN4.ClH/c1-10-5-3-6-13(18)12(10)9-19-14-7-4-8-21-15(17)11(2)20-16(14)21;/h3-8,19H,9,18H2,1-2H3;1H. The molecule has 0 aliphatic rings. The van der Waals surface area contributed by atoms with E-state index < -0.39 is 0 Å². The average Bonchev–Trinajstić information content (AvgIpc) is 2.75. The van der Waals surface area contributed by atoms with Crippen LogP contribution in [0.4, 0.5) is 11.4 Å². The van der Waals surface area contributed by atoms with Crippen molar-refractivity contribution in [2.45, 2.75) is 20.4 Å². The van der Waals surface area contributed by atoms with Crippen LogP contribution in [-0.2, 0) is 6.54 Å². The highest BCUT2D eigenvalue weighted by Gasteiger charge is 2.10. The third kappa shape index (κ3) is 2.85.